The first-order valence-corrected chi connectivity index (χ1v) is 12.9. The van der Waals surface area contributed by atoms with E-state index < -0.39 is 96.9 Å². The number of aromatic hydroxyl groups is 3. The molecule has 10 N–H and O–H groups in total. The Bertz CT molecular complexity index is 1470. The lowest BCUT2D eigenvalue weighted by Crippen LogP contribution is -2.60. The molecule has 2 aromatic carbocycles. The highest BCUT2D eigenvalue weighted by atomic mass is 16.7. The molecular weight excluding hydrogens is 564 g/mol. The van der Waals surface area contributed by atoms with Gasteiger partial charge in [-0.2, -0.15) is 0 Å². The summed E-state index contributed by atoms with van der Waals surface area (Å²) in [4.78, 5) is 13.0. The monoisotopic (exact) mass is 594 g/mol. The van der Waals surface area contributed by atoms with Crippen LogP contribution in [0.3, 0.4) is 0 Å². The fourth-order valence-corrected chi connectivity index (χ4v) is 5.07. The van der Waals surface area contributed by atoms with Gasteiger partial charge in [-0.05, 0) is 24.3 Å². The number of aliphatic hydroxyl groups excluding tert-OH is 7. The fourth-order valence-electron chi connectivity index (χ4n) is 5.07. The van der Waals surface area contributed by atoms with Gasteiger partial charge in [0.25, 0.3) is 0 Å². The van der Waals surface area contributed by atoms with Crippen LogP contribution in [0.2, 0.25) is 0 Å². The average Bonchev–Trinajstić information content (AvgIpc) is 2.96. The maximum absolute atomic E-state index is 13.0. The van der Waals surface area contributed by atoms with Crippen LogP contribution in [0.5, 0.6) is 17.2 Å². The summed E-state index contributed by atoms with van der Waals surface area (Å²) < 4.78 is 22.0. The lowest BCUT2D eigenvalue weighted by atomic mass is 9.89. The standard InChI is InChI=1S/C27H30O15/c28-7-15-19(32)23(36)25(38)27(42-15)39-8-16-20(33)22(35)24(37)26(41-16)18-12(31)6-14-17(21(18)34)11(30)5-13(40-14)9-1-3-10(29)4-2-9/h1-6,15-16,19-20,22-29,31-38H,7-8H2/t15-,16-,19-,20-,22+,23+,24-,25-,26?,27-/m1/s1. The molecule has 1 aromatic heterocycles. The van der Waals surface area contributed by atoms with E-state index in [2.05, 4.69) is 0 Å². The molecule has 0 saturated carbocycles. The average molecular weight is 595 g/mol. The fraction of sp³-hybridized carbons (Fsp3) is 0.444. The molecule has 5 rings (SSSR count). The molecule has 15 heteroatoms. The van der Waals surface area contributed by atoms with Crippen molar-refractivity contribution >= 4 is 11.0 Å². The second-order valence-electron chi connectivity index (χ2n) is 10.2. The van der Waals surface area contributed by atoms with Crippen LogP contribution in [0, 0.1) is 0 Å². The zero-order valence-electron chi connectivity index (χ0n) is 21.7. The summed E-state index contributed by atoms with van der Waals surface area (Å²) in [5.41, 5.74) is -1.03. The highest BCUT2D eigenvalue weighted by Crippen LogP contribution is 2.45. The molecule has 2 fully saturated rings. The maximum Gasteiger partial charge on any atom is 0.197 e. The van der Waals surface area contributed by atoms with Crippen LogP contribution < -0.4 is 5.43 Å². The van der Waals surface area contributed by atoms with E-state index in [0.29, 0.717) is 5.56 Å². The van der Waals surface area contributed by atoms with Gasteiger partial charge in [0, 0.05) is 17.7 Å². The normalized spacial score (nSPS) is 33.6. The van der Waals surface area contributed by atoms with Crippen LogP contribution in [0.1, 0.15) is 11.7 Å². The highest BCUT2D eigenvalue weighted by molar-refractivity contribution is 5.88. The number of aliphatic hydroxyl groups is 7. The van der Waals surface area contributed by atoms with E-state index in [1.807, 2.05) is 0 Å². The molecule has 3 aromatic rings. The Balaban J connectivity index is 1.43. The van der Waals surface area contributed by atoms with Gasteiger partial charge < -0.3 is 69.7 Å². The SMILES string of the molecule is O=c1cc(-c2ccc(O)cc2)oc2cc(O)c(C3O[C@H](CO[C@@H]4O[C@H](CO)[C@@H](O)[C@H](O)[C@H]4O)[C@@H](O)[C@H](O)[C@H]3O)c(O)c12. The number of phenols is 3. The van der Waals surface area contributed by atoms with Crippen LogP contribution >= 0.6 is 0 Å². The van der Waals surface area contributed by atoms with Gasteiger partial charge in [-0.25, -0.2) is 0 Å². The third-order valence-corrected chi connectivity index (χ3v) is 7.43. The van der Waals surface area contributed by atoms with Gasteiger partial charge in [-0.3, -0.25) is 4.79 Å². The largest absolute Gasteiger partial charge is 0.508 e. The Labute approximate surface area is 236 Å². The molecule has 0 aliphatic carbocycles. The van der Waals surface area contributed by atoms with Crippen molar-refractivity contribution in [2.24, 2.45) is 0 Å². The van der Waals surface area contributed by atoms with E-state index >= 15 is 0 Å². The minimum absolute atomic E-state index is 0.0166. The Kier molecular flexibility index (Phi) is 8.41. The van der Waals surface area contributed by atoms with Crippen LogP contribution in [0.4, 0.5) is 0 Å². The minimum Gasteiger partial charge on any atom is -0.508 e. The quantitative estimate of drug-likeness (QED) is 0.147. The number of rotatable bonds is 6. The Morgan fingerprint density at radius 2 is 1.40 bits per heavy atom. The van der Waals surface area contributed by atoms with E-state index in [9.17, 15) is 55.9 Å². The summed E-state index contributed by atoms with van der Waals surface area (Å²) >= 11 is 0. The van der Waals surface area contributed by atoms with Gasteiger partial charge in [-0.15, -0.1) is 0 Å². The summed E-state index contributed by atoms with van der Waals surface area (Å²) in [6, 6.07) is 7.79. The topological polar surface area (TPSA) is 260 Å². The molecule has 2 aliphatic heterocycles. The summed E-state index contributed by atoms with van der Waals surface area (Å²) in [5.74, 6) is -1.46. The third-order valence-electron chi connectivity index (χ3n) is 7.43. The summed E-state index contributed by atoms with van der Waals surface area (Å²) in [5, 5.41) is 102. The van der Waals surface area contributed by atoms with Crippen molar-refractivity contribution < 1.29 is 69.7 Å². The molecular formula is C27H30O15. The molecule has 2 aliphatic rings. The van der Waals surface area contributed by atoms with Gasteiger partial charge in [-0.1, -0.05) is 0 Å². The zero-order valence-corrected chi connectivity index (χ0v) is 21.7. The van der Waals surface area contributed by atoms with Crippen LogP contribution in [-0.2, 0) is 14.2 Å². The van der Waals surface area contributed by atoms with Crippen molar-refractivity contribution in [2.75, 3.05) is 13.2 Å². The van der Waals surface area contributed by atoms with Gasteiger partial charge >= 0.3 is 0 Å². The first-order valence-electron chi connectivity index (χ1n) is 12.9. The maximum atomic E-state index is 13.0. The first-order chi connectivity index (χ1) is 19.9. The molecule has 228 valence electrons. The van der Waals surface area contributed by atoms with Crippen molar-refractivity contribution in [1.82, 2.24) is 0 Å². The van der Waals surface area contributed by atoms with Gasteiger partial charge in [0.05, 0.1) is 18.8 Å². The molecule has 0 amide bonds. The third kappa shape index (κ3) is 5.31. The number of phenolic OH excluding ortho intramolecular Hbond substituents is 3. The van der Waals surface area contributed by atoms with Crippen molar-refractivity contribution in [3.8, 4) is 28.6 Å². The van der Waals surface area contributed by atoms with Crippen molar-refractivity contribution in [1.29, 1.82) is 0 Å². The van der Waals surface area contributed by atoms with Crippen molar-refractivity contribution in [3.05, 3.63) is 52.2 Å². The van der Waals surface area contributed by atoms with E-state index in [-0.39, 0.29) is 22.5 Å². The van der Waals surface area contributed by atoms with Crippen molar-refractivity contribution in [3.63, 3.8) is 0 Å². The predicted molar refractivity (Wildman–Crippen MR) is 138 cm³/mol. The number of benzene rings is 2. The Morgan fingerprint density at radius 3 is 2.07 bits per heavy atom. The van der Waals surface area contributed by atoms with E-state index in [0.717, 1.165) is 12.1 Å². The van der Waals surface area contributed by atoms with Crippen LogP contribution in [0.15, 0.2) is 45.6 Å². The lowest BCUT2D eigenvalue weighted by Gasteiger charge is -2.43. The molecule has 15 nitrogen and oxygen atoms in total. The number of ether oxygens (including phenoxy) is 3. The Morgan fingerprint density at radius 1 is 0.762 bits per heavy atom. The van der Waals surface area contributed by atoms with Gasteiger partial charge in [0.1, 0.15) is 88.9 Å². The van der Waals surface area contributed by atoms with Gasteiger partial charge in [0.15, 0.2) is 11.7 Å². The Hall–Kier alpha value is -3.35. The molecule has 10 atom stereocenters. The van der Waals surface area contributed by atoms with E-state index in [4.69, 9.17) is 18.6 Å². The smallest absolute Gasteiger partial charge is 0.197 e. The van der Waals surface area contributed by atoms with Crippen LogP contribution in [0.25, 0.3) is 22.3 Å². The number of fused-ring (bicyclic) bond motifs is 1. The zero-order chi connectivity index (χ0) is 30.5. The predicted octanol–water partition coefficient (Wildman–Crippen LogP) is -2.08. The summed E-state index contributed by atoms with van der Waals surface area (Å²) in [6.45, 7) is -1.36. The molecule has 1 unspecified atom stereocenters. The first kappa shape index (κ1) is 30.1. The molecule has 0 spiro atoms. The molecule has 2 saturated heterocycles. The second kappa shape index (κ2) is 11.7. The molecule has 3 heterocycles. The lowest BCUT2D eigenvalue weighted by molar-refractivity contribution is -0.314. The van der Waals surface area contributed by atoms with E-state index in [1.54, 1.807) is 0 Å². The minimum atomic E-state index is -1.92. The van der Waals surface area contributed by atoms with Crippen LogP contribution in [-0.4, -0.2) is 119 Å². The summed E-state index contributed by atoms with van der Waals surface area (Å²) in [6.07, 6.45) is -16.8. The molecule has 0 bridgehead atoms. The summed E-state index contributed by atoms with van der Waals surface area (Å²) in [7, 11) is 0. The van der Waals surface area contributed by atoms with Gasteiger partial charge in [0.2, 0.25) is 0 Å². The number of hydrogen-bond acceptors (Lipinski definition) is 15. The molecule has 42 heavy (non-hydrogen) atoms. The second-order valence-corrected chi connectivity index (χ2v) is 10.2. The number of hydrogen-bond donors (Lipinski definition) is 10. The molecule has 0 radical (unpaired) electrons. The van der Waals surface area contributed by atoms with Crippen molar-refractivity contribution in [2.45, 2.75) is 61.2 Å². The highest BCUT2D eigenvalue weighted by Gasteiger charge is 2.48. The van der Waals surface area contributed by atoms with E-state index in [1.165, 1.54) is 24.3 Å².